The number of nitrogens with two attached hydrogens (primary N) is 1. The molecule has 0 unspecified atom stereocenters. The molecule has 2 rings (SSSR count). The first-order valence-corrected chi connectivity index (χ1v) is 6.20. The van der Waals surface area contributed by atoms with E-state index in [4.69, 9.17) is 41.2 Å². The summed E-state index contributed by atoms with van der Waals surface area (Å²) in [5, 5.41) is 4.32. The van der Waals surface area contributed by atoms with Crippen LogP contribution in [0.5, 0.6) is 0 Å². The quantitative estimate of drug-likeness (QED) is 0.847. The number of hydrogen-bond donors (Lipinski definition) is 2. The molecule has 0 amide bonds. The molecule has 0 bridgehead atoms. The van der Waals surface area contributed by atoms with E-state index in [0.717, 1.165) is 5.69 Å². The molecule has 3 N–H and O–H groups in total. The Morgan fingerprint density at radius 2 is 2.00 bits per heavy atom. The summed E-state index contributed by atoms with van der Waals surface area (Å²) in [6, 6.07) is 8.73. The first-order chi connectivity index (χ1) is 8.56. The number of nitrogens with zero attached hydrogens (tertiary/aromatic N) is 1. The van der Waals surface area contributed by atoms with Crippen molar-refractivity contribution in [2.45, 2.75) is 0 Å². The average molecular weight is 298 g/mol. The van der Waals surface area contributed by atoms with E-state index in [1.807, 2.05) is 0 Å². The molecule has 18 heavy (non-hydrogen) atoms. The van der Waals surface area contributed by atoms with Crippen LogP contribution < -0.4 is 11.1 Å². The van der Waals surface area contributed by atoms with E-state index in [1.165, 1.54) is 0 Å². The highest BCUT2D eigenvalue weighted by atomic mass is 35.5. The molecule has 1 aromatic heterocycles. The number of rotatable bonds is 3. The van der Waals surface area contributed by atoms with E-state index >= 15 is 0 Å². The summed E-state index contributed by atoms with van der Waals surface area (Å²) in [6.45, 7) is 0. The van der Waals surface area contributed by atoms with Crippen LogP contribution in [0.4, 0.5) is 11.4 Å². The molecule has 0 aliphatic carbocycles. The summed E-state index contributed by atoms with van der Waals surface area (Å²) >= 11 is 16.8. The molecular formula is C12H9Cl2N3S. The minimum Gasteiger partial charge on any atom is -0.388 e. The van der Waals surface area contributed by atoms with Crippen LogP contribution in [0.2, 0.25) is 10.0 Å². The number of aromatic nitrogens is 1. The third-order valence-corrected chi connectivity index (χ3v) is 2.99. The number of thiocarbonyl (C=S) groups is 1. The van der Waals surface area contributed by atoms with Crippen molar-refractivity contribution in [3.05, 3.63) is 52.3 Å². The van der Waals surface area contributed by atoms with Gasteiger partial charge in [-0.1, -0.05) is 35.4 Å². The highest BCUT2D eigenvalue weighted by molar-refractivity contribution is 7.80. The highest BCUT2D eigenvalue weighted by Gasteiger charge is 2.04. The minimum absolute atomic E-state index is 0.246. The Morgan fingerprint density at radius 3 is 2.72 bits per heavy atom. The van der Waals surface area contributed by atoms with Crippen molar-refractivity contribution in [1.29, 1.82) is 0 Å². The summed E-state index contributed by atoms with van der Waals surface area (Å²) in [6.07, 6.45) is 1.62. The van der Waals surface area contributed by atoms with E-state index in [0.29, 0.717) is 21.4 Å². The lowest BCUT2D eigenvalue weighted by Crippen LogP contribution is -2.11. The van der Waals surface area contributed by atoms with Crippen LogP contribution in [-0.2, 0) is 0 Å². The van der Waals surface area contributed by atoms with Gasteiger partial charge in [-0.05, 0) is 30.3 Å². The van der Waals surface area contributed by atoms with Crippen molar-refractivity contribution in [1.82, 2.24) is 4.98 Å². The van der Waals surface area contributed by atoms with Gasteiger partial charge in [0.2, 0.25) is 0 Å². The maximum Gasteiger partial charge on any atom is 0.122 e. The van der Waals surface area contributed by atoms with Gasteiger partial charge in [-0.2, -0.15) is 0 Å². The second-order valence-electron chi connectivity index (χ2n) is 3.54. The van der Waals surface area contributed by atoms with Crippen LogP contribution in [0, 0.1) is 0 Å². The second-order valence-corrected chi connectivity index (χ2v) is 4.83. The molecule has 0 aliphatic heterocycles. The normalized spacial score (nSPS) is 10.1. The predicted molar refractivity (Wildman–Crippen MR) is 79.9 cm³/mol. The van der Waals surface area contributed by atoms with Crippen LogP contribution in [0.15, 0.2) is 36.5 Å². The first kappa shape index (κ1) is 13.1. The van der Waals surface area contributed by atoms with Gasteiger partial charge in [0, 0.05) is 16.9 Å². The number of nitrogens with one attached hydrogen (secondary N) is 1. The molecule has 92 valence electrons. The topological polar surface area (TPSA) is 50.9 Å². The summed E-state index contributed by atoms with van der Waals surface area (Å²) in [7, 11) is 0. The van der Waals surface area contributed by atoms with Gasteiger partial charge in [-0.15, -0.1) is 0 Å². The monoisotopic (exact) mass is 297 g/mol. The van der Waals surface area contributed by atoms with Crippen molar-refractivity contribution in [2.24, 2.45) is 5.73 Å². The van der Waals surface area contributed by atoms with Gasteiger partial charge in [0.25, 0.3) is 0 Å². The Labute approximate surface area is 120 Å². The molecule has 3 nitrogen and oxygen atoms in total. The first-order valence-electron chi connectivity index (χ1n) is 5.04. The smallest absolute Gasteiger partial charge is 0.122 e. The van der Waals surface area contributed by atoms with Gasteiger partial charge in [-0.3, -0.25) is 4.98 Å². The van der Waals surface area contributed by atoms with Crippen LogP contribution in [0.1, 0.15) is 5.69 Å². The van der Waals surface area contributed by atoms with Crippen molar-refractivity contribution >= 4 is 51.8 Å². The van der Waals surface area contributed by atoms with E-state index in [9.17, 15) is 0 Å². The van der Waals surface area contributed by atoms with Gasteiger partial charge in [0.15, 0.2) is 0 Å². The molecule has 0 spiro atoms. The zero-order valence-corrected chi connectivity index (χ0v) is 11.5. The van der Waals surface area contributed by atoms with Crippen molar-refractivity contribution in [2.75, 3.05) is 5.32 Å². The molecule has 0 saturated heterocycles. The Hall–Kier alpha value is -1.36. The average Bonchev–Trinajstić information content (AvgIpc) is 2.34. The van der Waals surface area contributed by atoms with E-state index < -0.39 is 0 Å². The SMILES string of the molecule is NC(=S)c1cc(Nc2cc(Cl)ccc2Cl)ccn1. The van der Waals surface area contributed by atoms with E-state index in [1.54, 1.807) is 36.5 Å². The molecular weight excluding hydrogens is 289 g/mol. The molecule has 6 heteroatoms. The summed E-state index contributed by atoms with van der Waals surface area (Å²) in [5.74, 6) is 0. The Bertz CT molecular complexity index is 602. The third kappa shape index (κ3) is 3.10. The van der Waals surface area contributed by atoms with Gasteiger partial charge in [0.05, 0.1) is 16.4 Å². The maximum atomic E-state index is 6.06. The maximum absolute atomic E-state index is 6.06. The number of hydrogen-bond acceptors (Lipinski definition) is 3. The predicted octanol–water partition coefficient (Wildman–Crippen LogP) is 3.77. The second kappa shape index (κ2) is 5.52. The van der Waals surface area contributed by atoms with E-state index in [-0.39, 0.29) is 4.99 Å². The lowest BCUT2D eigenvalue weighted by molar-refractivity contribution is 1.29. The molecule has 1 aromatic carbocycles. The van der Waals surface area contributed by atoms with Gasteiger partial charge in [-0.25, -0.2) is 0 Å². The van der Waals surface area contributed by atoms with Crippen molar-refractivity contribution in [3.63, 3.8) is 0 Å². The Balaban J connectivity index is 2.31. The lowest BCUT2D eigenvalue weighted by Gasteiger charge is -2.09. The van der Waals surface area contributed by atoms with Crippen LogP contribution in [0.25, 0.3) is 0 Å². The fourth-order valence-corrected chi connectivity index (χ4v) is 1.84. The third-order valence-electron chi connectivity index (χ3n) is 2.22. The Morgan fingerprint density at radius 1 is 1.22 bits per heavy atom. The number of pyridine rings is 1. The summed E-state index contributed by atoms with van der Waals surface area (Å²) in [5.41, 5.74) is 7.57. The van der Waals surface area contributed by atoms with Crippen molar-refractivity contribution < 1.29 is 0 Å². The summed E-state index contributed by atoms with van der Waals surface area (Å²) in [4.78, 5) is 4.30. The van der Waals surface area contributed by atoms with Gasteiger partial charge in [0.1, 0.15) is 4.99 Å². The molecule has 1 heterocycles. The van der Waals surface area contributed by atoms with Crippen LogP contribution in [-0.4, -0.2) is 9.97 Å². The fraction of sp³-hybridized carbons (Fsp3) is 0. The molecule has 0 saturated carbocycles. The standard InChI is InChI=1S/C12H9Cl2N3S/c13-7-1-2-9(14)10(5-7)17-8-3-4-16-11(6-8)12(15)18/h1-6H,(H2,15,18)(H,16,17). The molecule has 0 radical (unpaired) electrons. The molecule has 0 atom stereocenters. The summed E-state index contributed by atoms with van der Waals surface area (Å²) < 4.78 is 0. The van der Waals surface area contributed by atoms with Crippen LogP contribution >= 0.6 is 35.4 Å². The lowest BCUT2D eigenvalue weighted by atomic mass is 10.2. The zero-order valence-electron chi connectivity index (χ0n) is 9.15. The van der Waals surface area contributed by atoms with E-state index in [2.05, 4.69) is 10.3 Å². The van der Waals surface area contributed by atoms with Gasteiger partial charge >= 0.3 is 0 Å². The molecule has 0 fully saturated rings. The number of benzene rings is 1. The van der Waals surface area contributed by atoms with Crippen molar-refractivity contribution in [3.8, 4) is 0 Å². The number of halogens is 2. The highest BCUT2D eigenvalue weighted by Crippen LogP contribution is 2.28. The Kier molecular flexibility index (Phi) is 4.01. The zero-order chi connectivity index (χ0) is 13.1. The van der Waals surface area contributed by atoms with Gasteiger partial charge < -0.3 is 11.1 Å². The molecule has 2 aromatic rings. The largest absolute Gasteiger partial charge is 0.388 e. The molecule has 0 aliphatic rings. The number of anilines is 2. The minimum atomic E-state index is 0.246. The van der Waals surface area contributed by atoms with Crippen LogP contribution in [0.3, 0.4) is 0 Å². The fourth-order valence-electron chi connectivity index (χ4n) is 1.39.